The quantitative estimate of drug-likeness (QED) is 0.556. The first-order chi connectivity index (χ1) is 13.4. The number of aryl methyl sites for hydroxylation is 1. The van der Waals surface area contributed by atoms with Crippen LogP contribution in [0.4, 0.5) is 0 Å². The molecule has 0 aliphatic carbocycles. The van der Waals surface area contributed by atoms with Gasteiger partial charge in [-0.15, -0.1) is 0 Å². The van der Waals surface area contributed by atoms with E-state index < -0.39 is 5.97 Å². The molecule has 0 radical (unpaired) electrons. The third kappa shape index (κ3) is 3.21. The number of carboxylic acid groups (broad SMARTS) is 1. The molecule has 28 heavy (non-hydrogen) atoms. The summed E-state index contributed by atoms with van der Waals surface area (Å²) in [5.74, 6) is -1.05. The van der Waals surface area contributed by atoms with E-state index >= 15 is 0 Å². The predicted octanol–water partition coefficient (Wildman–Crippen LogP) is 4.50. The van der Waals surface area contributed by atoms with E-state index in [4.69, 9.17) is 11.6 Å². The number of carbonyl (C=O) groups is 1. The van der Waals surface area contributed by atoms with Crippen molar-refractivity contribution in [1.29, 1.82) is 0 Å². The summed E-state index contributed by atoms with van der Waals surface area (Å²) in [6.07, 6.45) is 0. The highest BCUT2D eigenvalue weighted by Gasteiger charge is 2.18. The summed E-state index contributed by atoms with van der Waals surface area (Å²) in [5, 5.41) is 10.3. The first kappa shape index (κ1) is 18.1. The molecule has 2 heterocycles. The Labute approximate surface area is 166 Å². The Morgan fingerprint density at radius 2 is 1.75 bits per heavy atom. The van der Waals surface area contributed by atoms with E-state index in [2.05, 4.69) is 0 Å². The van der Waals surface area contributed by atoms with E-state index in [9.17, 15) is 14.7 Å². The van der Waals surface area contributed by atoms with Crippen molar-refractivity contribution < 1.29 is 9.90 Å². The fraction of sp³-hybridized carbons (Fsp3) is 0.0909. The van der Waals surface area contributed by atoms with Gasteiger partial charge in [0.05, 0.1) is 11.0 Å². The normalized spacial score (nSPS) is 11.1. The fourth-order valence-corrected chi connectivity index (χ4v) is 3.59. The Balaban J connectivity index is 1.96. The Hall–Kier alpha value is -3.31. The van der Waals surface area contributed by atoms with Crippen LogP contribution >= 0.6 is 11.6 Å². The SMILES string of the molecule is Cc1ccc(-n2c(=O)ccc3c2cc(C(=O)O)n3Cc2cccc(Cl)c2)cc1. The number of fused-ring (bicyclic) bond motifs is 1. The first-order valence-electron chi connectivity index (χ1n) is 8.74. The van der Waals surface area contributed by atoms with Gasteiger partial charge in [0.1, 0.15) is 5.69 Å². The highest BCUT2D eigenvalue weighted by molar-refractivity contribution is 6.30. The molecule has 6 heteroatoms. The molecule has 0 saturated carbocycles. The van der Waals surface area contributed by atoms with Gasteiger partial charge in [-0.3, -0.25) is 9.36 Å². The number of nitrogens with zero attached hydrogens (tertiary/aromatic N) is 2. The molecule has 0 atom stereocenters. The van der Waals surface area contributed by atoms with Crippen LogP contribution in [-0.2, 0) is 6.54 Å². The lowest BCUT2D eigenvalue weighted by atomic mass is 10.2. The molecule has 0 fully saturated rings. The Bertz CT molecular complexity index is 1250. The summed E-state index contributed by atoms with van der Waals surface area (Å²) in [6.45, 7) is 2.30. The minimum Gasteiger partial charge on any atom is -0.477 e. The third-order valence-electron chi connectivity index (χ3n) is 4.70. The lowest BCUT2D eigenvalue weighted by molar-refractivity contribution is 0.0686. The largest absolute Gasteiger partial charge is 0.477 e. The number of benzene rings is 2. The molecule has 1 N–H and O–H groups in total. The van der Waals surface area contributed by atoms with Crippen molar-refractivity contribution in [2.45, 2.75) is 13.5 Å². The van der Waals surface area contributed by atoms with Gasteiger partial charge < -0.3 is 9.67 Å². The molecule has 2 aromatic carbocycles. The maximum Gasteiger partial charge on any atom is 0.352 e. The van der Waals surface area contributed by atoms with Gasteiger partial charge in [0, 0.05) is 23.3 Å². The van der Waals surface area contributed by atoms with Crippen molar-refractivity contribution in [3.05, 3.63) is 98.9 Å². The molecule has 2 aromatic heterocycles. The molecule has 4 aromatic rings. The summed E-state index contributed by atoms with van der Waals surface area (Å²) in [7, 11) is 0. The van der Waals surface area contributed by atoms with E-state index in [1.54, 1.807) is 28.8 Å². The zero-order valence-corrected chi connectivity index (χ0v) is 15.8. The average molecular weight is 393 g/mol. The van der Waals surface area contributed by atoms with Crippen molar-refractivity contribution in [2.24, 2.45) is 0 Å². The van der Waals surface area contributed by atoms with Crippen LogP contribution in [0.1, 0.15) is 21.6 Å². The third-order valence-corrected chi connectivity index (χ3v) is 4.94. The molecule has 0 saturated heterocycles. The van der Waals surface area contributed by atoms with Crippen LogP contribution in [0.15, 0.2) is 71.5 Å². The van der Waals surface area contributed by atoms with Crippen LogP contribution in [0.25, 0.3) is 16.7 Å². The minimum atomic E-state index is -1.05. The molecule has 140 valence electrons. The number of rotatable bonds is 4. The lowest BCUT2D eigenvalue weighted by Gasteiger charge is -2.11. The van der Waals surface area contributed by atoms with Crippen LogP contribution in [0.3, 0.4) is 0 Å². The zero-order valence-electron chi connectivity index (χ0n) is 15.1. The Kier molecular flexibility index (Phi) is 4.53. The van der Waals surface area contributed by atoms with Gasteiger partial charge in [-0.25, -0.2) is 4.79 Å². The molecule has 4 rings (SSSR count). The highest BCUT2D eigenvalue weighted by Crippen LogP contribution is 2.24. The predicted molar refractivity (Wildman–Crippen MR) is 110 cm³/mol. The smallest absolute Gasteiger partial charge is 0.352 e. The van der Waals surface area contributed by atoms with Crippen LogP contribution in [0, 0.1) is 6.92 Å². The second-order valence-electron chi connectivity index (χ2n) is 6.66. The van der Waals surface area contributed by atoms with Gasteiger partial charge in [-0.05, 0) is 48.9 Å². The summed E-state index contributed by atoms with van der Waals surface area (Å²) in [4.78, 5) is 24.5. The monoisotopic (exact) mass is 392 g/mol. The Morgan fingerprint density at radius 3 is 2.43 bits per heavy atom. The topological polar surface area (TPSA) is 64.2 Å². The van der Waals surface area contributed by atoms with Crippen LogP contribution in [0.5, 0.6) is 0 Å². The highest BCUT2D eigenvalue weighted by atomic mass is 35.5. The summed E-state index contributed by atoms with van der Waals surface area (Å²) in [5.41, 5.74) is 3.76. The maximum atomic E-state index is 12.6. The number of pyridine rings is 1. The fourth-order valence-electron chi connectivity index (χ4n) is 3.37. The molecular weight excluding hydrogens is 376 g/mol. The van der Waals surface area contributed by atoms with E-state index in [1.165, 1.54) is 10.6 Å². The van der Waals surface area contributed by atoms with Crippen molar-refractivity contribution in [2.75, 3.05) is 0 Å². The van der Waals surface area contributed by atoms with E-state index in [-0.39, 0.29) is 11.3 Å². The molecule has 0 amide bonds. The summed E-state index contributed by atoms with van der Waals surface area (Å²) in [6, 6.07) is 19.5. The van der Waals surface area contributed by atoms with Crippen molar-refractivity contribution in [1.82, 2.24) is 9.13 Å². The number of hydrogen-bond acceptors (Lipinski definition) is 2. The van der Waals surface area contributed by atoms with Crippen LogP contribution < -0.4 is 5.56 Å². The molecule has 0 spiro atoms. The van der Waals surface area contributed by atoms with Crippen molar-refractivity contribution in [3.8, 4) is 5.69 Å². The second kappa shape index (κ2) is 7.02. The van der Waals surface area contributed by atoms with Gasteiger partial charge in [-0.1, -0.05) is 41.4 Å². The second-order valence-corrected chi connectivity index (χ2v) is 7.10. The lowest BCUT2D eigenvalue weighted by Crippen LogP contribution is -2.17. The molecule has 0 aliphatic rings. The number of aromatic carboxylic acids is 1. The van der Waals surface area contributed by atoms with Gasteiger partial charge in [-0.2, -0.15) is 0 Å². The number of carboxylic acids is 1. The van der Waals surface area contributed by atoms with E-state index in [0.717, 1.165) is 11.1 Å². The first-order valence-corrected chi connectivity index (χ1v) is 9.12. The van der Waals surface area contributed by atoms with Crippen LogP contribution in [0.2, 0.25) is 5.02 Å². The number of aromatic nitrogens is 2. The molecule has 5 nitrogen and oxygen atoms in total. The summed E-state index contributed by atoms with van der Waals surface area (Å²) >= 11 is 6.07. The van der Waals surface area contributed by atoms with Gasteiger partial charge in [0.15, 0.2) is 0 Å². The number of halogens is 1. The Morgan fingerprint density at radius 1 is 1.00 bits per heavy atom. The molecule has 0 aliphatic heterocycles. The summed E-state index contributed by atoms with van der Waals surface area (Å²) < 4.78 is 3.23. The van der Waals surface area contributed by atoms with Gasteiger partial charge in [0.25, 0.3) is 5.56 Å². The molecule has 0 unspecified atom stereocenters. The minimum absolute atomic E-state index is 0.112. The van der Waals surface area contributed by atoms with Crippen molar-refractivity contribution in [3.63, 3.8) is 0 Å². The van der Waals surface area contributed by atoms with Gasteiger partial charge >= 0.3 is 5.97 Å². The standard InChI is InChI=1S/C22H17ClN2O3/c1-14-5-7-17(8-6-14)25-19-12-20(22(27)28)24(18(19)9-10-21(25)26)13-15-3-2-4-16(23)11-15/h2-12H,13H2,1H3,(H,27,28). The maximum absolute atomic E-state index is 12.6. The average Bonchev–Trinajstić information content (AvgIpc) is 3.01. The zero-order chi connectivity index (χ0) is 19.8. The molecule has 0 bridgehead atoms. The van der Waals surface area contributed by atoms with Crippen molar-refractivity contribution >= 4 is 28.6 Å². The van der Waals surface area contributed by atoms with E-state index in [1.807, 2.05) is 43.3 Å². The van der Waals surface area contributed by atoms with Gasteiger partial charge in [0.2, 0.25) is 0 Å². The number of hydrogen-bond donors (Lipinski definition) is 1. The van der Waals surface area contributed by atoms with Crippen LogP contribution in [-0.4, -0.2) is 20.2 Å². The molecular formula is C22H17ClN2O3. The van der Waals surface area contributed by atoms with E-state index in [0.29, 0.717) is 28.3 Å².